The highest BCUT2D eigenvalue weighted by Crippen LogP contribution is 2.23. The largest absolute Gasteiger partial charge is 0.457 e. The summed E-state index contributed by atoms with van der Waals surface area (Å²) in [5, 5.41) is 40.3. The molecule has 1 saturated heterocycles. The molecule has 0 bridgehead atoms. The van der Waals surface area contributed by atoms with Crippen LogP contribution in [0.15, 0.2) is 48.6 Å². The molecule has 0 spiro atoms. The van der Waals surface area contributed by atoms with E-state index in [0.29, 0.717) is 13.0 Å². The summed E-state index contributed by atoms with van der Waals surface area (Å²) in [7, 11) is 0. The Kier molecular flexibility index (Phi) is 44.4. The lowest BCUT2D eigenvalue weighted by Gasteiger charge is -2.39. The molecule has 0 aromatic carbocycles. The zero-order valence-corrected chi connectivity index (χ0v) is 42.0. The molecule has 0 saturated carbocycles. The lowest BCUT2D eigenvalue weighted by atomic mass is 9.99. The fraction of sp³-hybridized carbons (Fsp3) is 0.839. The number of carbonyl (C=O) groups excluding carboxylic acids is 1. The molecular formula is C56H102O9. The van der Waals surface area contributed by atoms with E-state index in [0.717, 1.165) is 70.6 Å². The number of hydrogen-bond acceptors (Lipinski definition) is 9. The zero-order valence-electron chi connectivity index (χ0n) is 42.0. The number of allylic oxidation sites excluding steroid dienone is 8. The van der Waals surface area contributed by atoms with Crippen LogP contribution in [0.4, 0.5) is 0 Å². The van der Waals surface area contributed by atoms with Crippen molar-refractivity contribution < 1.29 is 44.2 Å². The molecular weight excluding hydrogens is 817 g/mol. The summed E-state index contributed by atoms with van der Waals surface area (Å²) in [4.78, 5) is 12.8. The van der Waals surface area contributed by atoms with Crippen LogP contribution in [-0.2, 0) is 23.7 Å². The number of rotatable bonds is 47. The SMILES string of the molecule is CC/C=C\C/C=C\C/C=C\C/C=C\CCCCCCCCC(=O)OC(COCCCCCCCCCCCCCCCCCCCCCCCCC)COC1OC(CO)C(O)C(O)C1O. The molecule has 1 rings (SSSR count). The van der Waals surface area contributed by atoms with Gasteiger partial charge in [-0.15, -0.1) is 0 Å². The van der Waals surface area contributed by atoms with Gasteiger partial charge < -0.3 is 39.4 Å². The molecule has 65 heavy (non-hydrogen) atoms. The molecule has 0 aromatic rings. The predicted octanol–water partition coefficient (Wildman–Crippen LogP) is 13.6. The van der Waals surface area contributed by atoms with Crippen molar-refractivity contribution in [2.45, 2.75) is 275 Å². The van der Waals surface area contributed by atoms with Gasteiger partial charge in [0, 0.05) is 13.0 Å². The van der Waals surface area contributed by atoms with Crippen LogP contribution >= 0.6 is 0 Å². The second-order valence-electron chi connectivity index (χ2n) is 18.7. The first-order chi connectivity index (χ1) is 31.9. The Hall–Kier alpha value is -1.85. The summed E-state index contributed by atoms with van der Waals surface area (Å²) in [6, 6.07) is 0. The minimum atomic E-state index is -1.54. The van der Waals surface area contributed by atoms with Gasteiger partial charge in [-0.3, -0.25) is 4.79 Å². The van der Waals surface area contributed by atoms with Crippen LogP contribution in [0.3, 0.4) is 0 Å². The van der Waals surface area contributed by atoms with Crippen LogP contribution in [-0.4, -0.2) is 89.6 Å². The molecule has 4 N–H and O–H groups in total. The van der Waals surface area contributed by atoms with E-state index in [4.69, 9.17) is 18.9 Å². The average molecular weight is 919 g/mol. The van der Waals surface area contributed by atoms with Crippen molar-refractivity contribution in [1.29, 1.82) is 0 Å². The van der Waals surface area contributed by atoms with Gasteiger partial charge >= 0.3 is 5.97 Å². The number of hydrogen-bond donors (Lipinski definition) is 4. The molecule has 1 heterocycles. The summed E-state index contributed by atoms with van der Waals surface area (Å²) < 4.78 is 22.9. The highest BCUT2D eigenvalue weighted by Gasteiger charge is 2.44. The van der Waals surface area contributed by atoms with Crippen LogP contribution in [0.25, 0.3) is 0 Å². The van der Waals surface area contributed by atoms with Gasteiger partial charge in [-0.05, 0) is 51.4 Å². The van der Waals surface area contributed by atoms with Gasteiger partial charge in [0.15, 0.2) is 6.29 Å². The van der Waals surface area contributed by atoms with E-state index in [2.05, 4.69) is 62.5 Å². The second kappa shape index (κ2) is 47.2. The van der Waals surface area contributed by atoms with E-state index in [1.807, 2.05) is 0 Å². The Morgan fingerprint density at radius 3 is 1.42 bits per heavy atom. The van der Waals surface area contributed by atoms with Crippen molar-refractivity contribution in [2.75, 3.05) is 26.4 Å². The van der Waals surface area contributed by atoms with Crippen LogP contribution in [0, 0.1) is 0 Å². The second-order valence-corrected chi connectivity index (χ2v) is 18.7. The number of aliphatic hydroxyl groups excluding tert-OH is 4. The Balaban J connectivity index is 2.17. The molecule has 1 fully saturated rings. The molecule has 6 unspecified atom stereocenters. The normalized spacial score (nSPS) is 19.8. The number of esters is 1. The van der Waals surface area contributed by atoms with Crippen molar-refractivity contribution >= 4 is 5.97 Å². The monoisotopic (exact) mass is 919 g/mol. The fourth-order valence-electron chi connectivity index (χ4n) is 8.31. The lowest BCUT2D eigenvalue weighted by Crippen LogP contribution is -2.59. The standard InChI is InChI=1S/C56H102O9/c1-3-5-7-9-11-13-15-17-19-21-23-24-25-26-28-30-32-34-36-38-40-42-44-46-62-48-50(49-63-56-55(61)54(60)53(59)51(47-57)65-56)64-52(58)45-43-41-39-37-35-33-31-29-27-22-20-18-16-14-12-10-8-6-4-2/h6,8,12,14,18,20,27,29,50-51,53-57,59-61H,3-5,7,9-11,13,15-17,19,21-26,28,30-49H2,1-2H3/b8-6-,14-12-,20-18-,29-27-. The number of ether oxygens (including phenoxy) is 4. The fourth-order valence-corrected chi connectivity index (χ4v) is 8.31. The summed E-state index contributed by atoms with van der Waals surface area (Å²) in [6.45, 7) is 4.47. The molecule has 9 heteroatoms. The highest BCUT2D eigenvalue weighted by molar-refractivity contribution is 5.69. The Morgan fingerprint density at radius 1 is 0.508 bits per heavy atom. The predicted molar refractivity (Wildman–Crippen MR) is 270 cm³/mol. The van der Waals surface area contributed by atoms with Crippen molar-refractivity contribution in [3.05, 3.63) is 48.6 Å². The lowest BCUT2D eigenvalue weighted by molar-refractivity contribution is -0.305. The van der Waals surface area contributed by atoms with E-state index in [1.54, 1.807) is 0 Å². The average Bonchev–Trinajstić information content (AvgIpc) is 3.31. The summed E-state index contributed by atoms with van der Waals surface area (Å²) in [5.74, 6) is -0.324. The maximum atomic E-state index is 12.8. The maximum absolute atomic E-state index is 12.8. The summed E-state index contributed by atoms with van der Waals surface area (Å²) in [5.41, 5.74) is 0. The molecule has 0 aromatic heterocycles. The summed E-state index contributed by atoms with van der Waals surface area (Å²) in [6.07, 6.45) is 53.0. The van der Waals surface area contributed by atoms with E-state index >= 15 is 0 Å². The molecule has 1 aliphatic heterocycles. The number of carbonyl (C=O) groups is 1. The van der Waals surface area contributed by atoms with Crippen molar-refractivity contribution in [2.24, 2.45) is 0 Å². The molecule has 9 nitrogen and oxygen atoms in total. The first-order valence-electron chi connectivity index (χ1n) is 27.2. The highest BCUT2D eigenvalue weighted by atomic mass is 16.7. The molecule has 0 radical (unpaired) electrons. The van der Waals surface area contributed by atoms with Crippen molar-refractivity contribution in [3.63, 3.8) is 0 Å². The zero-order chi connectivity index (χ0) is 47.1. The molecule has 6 atom stereocenters. The van der Waals surface area contributed by atoms with Crippen molar-refractivity contribution in [3.8, 4) is 0 Å². The van der Waals surface area contributed by atoms with Gasteiger partial charge in [-0.1, -0.05) is 229 Å². The molecule has 0 aliphatic carbocycles. The van der Waals surface area contributed by atoms with Gasteiger partial charge in [0.2, 0.25) is 0 Å². The smallest absolute Gasteiger partial charge is 0.306 e. The first kappa shape index (κ1) is 61.2. The van der Waals surface area contributed by atoms with Crippen LogP contribution in [0.2, 0.25) is 0 Å². The minimum Gasteiger partial charge on any atom is -0.457 e. The van der Waals surface area contributed by atoms with Gasteiger partial charge in [-0.2, -0.15) is 0 Å². The third-order valence-electron chi connectivity index (χ3n) is 12.5. The topological polar surface area (TPSA) is 135 Å². The van der Waals surface area contributed by atoms with Crippen LogP contribution in [0.5, 0.6) is 0 Å². The van der Waals surface area contributed by atoms with E-state index in [9.17, 15) is 25.2 Å². The quantitative estimate of drug-likeness (QED) is 0.0267. The third kappa shape index (κ3) is 37.8. The van der Waals surface area contributed by atoms with E-state index < -0.39 is 43.4 Å². The van der Waals surface area contributed by atoms with Gasteiger partial charge in [-0.25, -0.2) is 0 Å². The van der Waals surface area contributed by atoms with Crippen LogP contribution in [0.1, 0.15) is 239 Å². The number of unbranched alkanes of at least 4 members (excludes halogenated alkanes) is 28. The Labute approximate surface area is 399 Å². The minimum absolute atomic E-state index is 0.118. The van der Waals surface area contributed by atoms with Gasteiger partial charge in [0.05, 0.1) is 19.8 Å². The maximum Gasteiger partial charge on any atom is 0.306 e. The van der Waals surface area contributed by atoms with Crippen LogP contribution < -0.4 is 0 Å². The first-order valence-corrected chi connectivity index (χ1v) is 27.2. The summed E-state index contributed by atoms with van der Waals surface area (Å²) >= 11 is 0. The Morgan fingerprint density at radius 2 is 0.938 bits per heavy atom. The Bertz CT molecular complexity index is 1140. The van der Waals surface area contributed by atoms with Gasteiger partial charge in [0.25, 0.3) is 0 Å². The molecule has 380 valence electrons. The molecule has 1 aliphatic rings. The molecule has 0 amide bonds. The van der Waals surface area contributed by atoms with Gasteiger partial charge in [0.1, 0.15) is 30.5 Å². The van der Waals surface area contributed by atoms with E-state index in [1.165, 1.54) is 148 Å². The van der Waals surface area contributed by atoms with E-state index in [-0.39, 0.29) is 19.2 Å². The van der Waals surface area contributed by atoms with Crippen molar-refractivity contribution in [1.82, 2.24) is 0 Å². The third-order valence-corrected chi connectivity index (χ3v) is 12.5. The number of aliphatic hydroxyl groups is 4.